The second-order valence-corrected chi connectivity index (χ2v) is 9.77. The van der Waals surface area contributed by atoms with Crippen molar-refractivity contribution < 1.29 is 33.6 Å². The van der Waals surface area contributed by atoms with E-state index in [4.69, 9.17) is 0 Å². The van der Waals surface area contributed by atoms with Gasteiger partial charge in [-0.25, -0.2) is 0 Å². The van der Waals surface area contributed by atoms with Crippen molar-refractivity contribution in [1.29, 1.82) is 0 Å². The molecule has 2 atom stereocenters. The molecule has 4 heterocycles. The van der Waals surface area contributed by atoms with Gasteiger partial charge in [0.1, 0.15) is 5.60 Å². The number of thiophene rings is 2. The highest BCUT2D eigenvalue weighted by molar-refractivity contribution is 7.11. The van der Waals surface area contributed by atoms with Crippen LogP contribution >= 0.6 is 22.7 Å². The van der Waals surface area contributed by atoms with Crippen LogP contribution in [-0.2, 0) is 5.60 Å². The fraction of sp³-hybridized carbons (Fsp3) is 0.579. The van der Waals surface area contributed by atoms with Gasteiger partial charge in [0.05, 0.1) is 26.2 Å². The maximum atomic E-state index is 11.6. The van der Waals surface area contributed by atoms with Crippen molar-refractivity contribution >= 4 is 22.7 Å². The van der Waals surface area contributed by atoms with Gasteiger partial charge in [-0.05, 0) is 35.2 Å². The minimum Gasteiger partial charge on any atom is -1.00 e. The first-order valence-corrected chi connectivity index (χ1v) is 10.4. The molecule has 5 heteroatoms. The number of rotatable bonds is 4. The molecule has 2 unspecified atom stereocenters. The average molecular weight is 475 g/mol. The van der Waals surface area contributed by atoms with Gasteiger partial charge in [0, 0.05) is 35.4 Å². The molecule has 2 nitrogen and oxygen atoms in total. The van der Waals surface area contributed by atoms with Crippen molar-refractivity contribution in [2.45, 2.75) is 49.8 Å². The first kappa shape index (κ1) is 18.8. The Hall–Kier alpha value is 0.0500. The molecule has 0 saturated carbocycles. The zero-order chi connectivity index (χ0) is 16.1. The summed E-state index contributed by atoms with van der Waals surface area (Å²) in [4.78, 5) is 2.21. The van der Waals surface area contributed by atoms with Gasteiger partial charge in [0.15, 0.2) is 0 Å². The molecule has 0 amide bonds. The normalized spacial score (nSPS) is 28.5. The fourth-order valence-electron chi connectivity index (χ4n) is 4.93. The van der Waals surface area contributed by atoms with Gasteiger partial charge in [-0.1, -0.05) is 12.1 Å². The smallest absolute Gasteiger partial charge is 0.133 e. The Morgan fingerprint density at radius 2 is 1.54 bits per heavy atom. The van der Waals surface area contributed by atoms with E-state index in [2.05, 4.69) is 49.1 Å². The molecule has 2 aliphatic heterocycles. The third kappa shape index (κ3) is 3.11. The highest BCUT2D eigenvalue weighted by Gasteiger charge is 2.50. The molecular weight excluding hydrogens is 449 g/mol. The van der Waals surface area contributed by atoms with Crippen LogP contribution in [-0.4, -0.2) is 35.8 Å². The summed E-state index contributed by atoms with van der Waals surface area (Å²) in [6.07, 6.45) is 6.14. The summed E-state index contributed by atoms with van der Waals surface area (Å²) in [5, 5.41) is 15.8. The molecule has 0 aromatic carbocycles. The Morgan fingerprint density at radius 3 is 1.96 bits per heavy atom. The highest BCUT2D eigenvalue weighted by Crippen LogP contribution is 2.48. The summed E-state index contributed by atoms with van der Waals surface area (Å²) < 4.78 is 1.20. The number of aliphatic hydroxyl groups is 1. The molecule has 2 saturated heterocycles. The number of hydrogen-bond donors (Lipinski definition) is 1. The molecule has 24 heavy (non-hydrogen) atoms. The molecule has 132 valence electrons. The summed E-state index contributed by atoms with van der Waals surface area (Å²) in [7, 11) is 4.81. The van der Waals surface area contributed by atoms with E-state index in [1.54, 1.807) is 22.7 Å². The molecule has 0 spiro atoms. The Kier molecular flexibility index (Phi) is 5.48. The van der Waals surface area contributed by atoms with E-state index in [1.807, 2.05) is 0 Å². The third-order valence-electron chi connectivity index (χ3n) is 6.37. The van der Waals surface area contributed by atoms with Gasteiger partial charge >= 0.3 is 0 Å². The molecular formula is C19H26INOS2. The van der Waals surface area contributed by atoms with E-state index in [0.717, 1.165) is 28.3 Å². The number of nitrogens with zero attached hydrogens (tertiary/aromatic N) is 1. The van der Waals surface area contributed by atoms with Crippen LogP contribution in [0.25, 0.3) is 0 Å². The predicted molar refractivity (Wildman–Crippen MR) is 97.9 cm³/mol. The lowest BCUT2D eigenvalue weighted by molar-refractivity contribution is -0.931. The number of hydrogen-bond acceptors (Lipinski definition) is 3. The van der Waals surface area contributed by atoms with E-state index in [9.17, 15) is 5.11 Å². The van der Waals surface area contributed by atoms with Crippen LogP contribution in [0, 0.1) is 5.92 Å². The number of piperidine rings is 1. The van der Waals surface area contributed by atoms with Gasteiger partial charge in [0.2, 0.25) is 0 Å². The first-order chi connectivity index (χ1) is 11.0. The van der Waals surface area contributed by atoms with E-state index in [-0.39, 0.29) is 24.0 Å². The molecule has 4 rings (SSSR count). The van der Waals surface area contributed by atoms with E-state index in [1.165, 1.54) is 30.2 Å². The third-order valence-corrected chi connectivity index (χ3v) is 8.41. The minimum absolute atomic E-state index is 0. The molecule has 2 bridgehead atoms. The van der Waals surface area contributed by atoms with Crippen LogP contribution in [0.15, 0.2) is 35.0 Å². The maximum Gasteiger partial charge on any atom is 0.133 e. The topological polar surface area (TPSA) is 20.2 Å². The molecule has 2 fully saturated rings. The maximum absolute atomic E-state index is 11.6. The van der Waals surface area contributed by atoms with Crippen molar-refractivity contribution in [3.63, 3.8) is 0 Å². The van der Waals surface area contributed by atoms with Gasteiger partial charge in [-0.3, -0.25) is 0 Å². The van der Waals surface area contributed by atoms with E-state index < -0.39 is 5.60 Å². The van der Waals surface area contributed by atoms with Gasteiger partial charge in [-0.15, -0.1) is 22.7 Å². The zero-order valence-corrected chi connectivity index (χ0v) is 18.1. The lowest BCUT2D eigenvalue weighted by Gasteiger charge is -2.45. The fourth-order valence-corrected chi connectivity index (χ4v) is 6.69. The quantitative estimate of drug-likeness (QED) is 0.525. The number of fused-ring (bicyclic) bond motifs is 2. The van der Waals surface area contributed by atoms with Crippen molar-refractivity contribution in [1.82, 2.24) is 0 Å². The Labute approximate surface area is 170 Å². The molecule has 0 aliphatic carbocycles. The van der Waals surface area contributed by atoms with E-state index >= 15 is 0 Å². The van der Waals surface area contributed by atoms with Crippen molar-refractivity contribution in [3.8, 4) is 0 Å². The molecule has 2 aromatic rings. The Morgan fingerprint density at radius 1 is 1.04 bits per heavy atom. The second-order valence-electron chi connectivity index (χ2n) is 7.87. The van der Waals surface area contributed by atoms with Crippen LogP contribution in [0.1, 0.15) is 41.9 Å². The van der Waals surface area contributed by atoms with Crippen LogP contribution in [0.2, 0.25) is 0 Å². The summed E-state index contributed by atoms with van der Waals surface area (Å²) in [5.74, 6) is 0.632. The first-order valence-electron chi connectivity index (χ1n) is 8.64. The monoisotopic (exact) mass is 475 g/mol. The van der Waals surface area contributed by atoms with Gasteiger partial charge in [0.25, 0.3) is 0 Å². The minimum atomic E-state index is -0.791. The summed E-state index contributed by atoms with van der Waals surface area (Å²) >= 11 is 3.37. The lowest BCUT2D eigenvalue weighted by atomic mass is 9.79. The van der Waals surface area contributed by atoms with Crippen molar-refractivity contribution in [2.75, 3.05) is 14.1 Å². The molecule has 1 N–H and O–H groups in total. The zero-order valence-electron chi connectivity index (χ0n) is 14.3. The van der Waals surface area contributed by atoms with E-state index in [0.29, 0.717) is 5.92 Å². The van der Waals surface area contributed by atoms with Crippen LogP contribution in [0.4, 0.5) is 0 Å². The van der Waals surface area contributed by atoms with Gasteiger partial charge < -0.3 is 33.6 Å². The number of quaternary nitrogens is 1. The highest BCUT2D eigenvalue weighted by atomic mass is 127. The van der Waals surface area contributed by atoms with Crippen molar-refractivity contribution in [3.05, 3.63) is 44.8 Å². The molecule has 2 aliphatic rings. The van der Waals surface area contributed by atoms with Crippen LogP contribution < -0.4 is 24.0 Å². The van der Waals surface area contributed by atoms with Crippen LogP contribution in [0.3, 0.4) is 0 Å². The van der Waals surface area contributed by atoms with Gasteiger partial charge in [-0.2, -0.15) is 0 Å². The number of halogens is 1. The SMILES string of the molecule is C[N+]1(C)C2CCC1CC(CC(O)(c1cccs1)c1cccs1)C2.[I-]. The Balaban J connectivity index is 0.00000169. The van der Waals surface area contributed by atoms with Crippen molar-refractivity contribution in [2.24, 2.45) is 5.92 Å². The Bertz CT molecular complexity index is 603. The molecule has 2 aromatic heterocycles. The average Bonchev–Trinajstić information content (AvgIpc) is 3.22. The summed E-state index contributed by atoms with van der Waals surface area (Å²) in [5.41, 5.74) is -0.791. The predicted octanol–water partition coefficient (Wildman–Crippen LogP) is 1.46. The standard InChI is InChI=1S/C19H26NOS2.HI/c1-20(2)15-7-8-16(20)12-14(11-15)13-19(21,17-5-3-9-22-17)18-6-4-10-23-18;/h3-6,9-10,14-16,21H,7-8,11-13H2,1-2H3;1H/q+1;/p-1. The summed E-state index contributed by atoms with van der Waals surface area (Å²) in [6.45, 7) is 0. The van der Waals surface area contributed by atoms with Crippen LogP contribution in [0.5, 0.6) is 0 Å². The molecule has 0 radical (unpaired) electrons. The second kappa shape index (κ2) is 6.99. The summed E-state index contributed by atoms with van der Waals surface area (Å²) in [6, 6.07) is 9.89. The lowest BCUT2D eigenvalue weighted by Crippen LogP contribution is -3.00. The largest absolute Gasteiger partial charge is 1.00 e.